The average molecular weight is 171 g/mol. The molecule has 0 spiro atoms. The lowest BCUT2D eigenvalue weighted by molar-refractivity contribution is 0.428. The monoisotopic (exact) mass is 170 g/mol. The maximum atomic E-state index is 5.09. The van der Waals surface area contributed by atoms with Gasteiger partial charge in [-0.3, -0.25) is 0 Å². The van der Waals surface area contributed by atoms with Gasteiger partial charge in [0.25, 0.3) is 0 Å². The zero-order valence-corrected chi connectivity index (χ0v) is 5.60. The van der Waals surface area contributed by atoms with Gasteiger partial charge in [-0.25, -0.2) is 0 Å². The van der Waals surface area contributed by atoms with Gasteiger partial charge in [-0.2, -0.15) is 0 Å². The number of benzene rings is 1. The zero-order valence-electron chi connectivity index (χ0n) is 4.02. The molecule has 0 radical (unpaired) electrons. The molecule has 0 N–H and O–H groups in total. The lowest BCUT2D eigenvalue weighted by Gasteiger charge is -2.18. The molecule has 0 amide bonds. The van der Waals surface area contributed by atoms with E-state index in [2.05, 4.69) is 15.9 Å². The van der Waals surface area contributed by atoms with Crippen LogP contribution in [0.25, 0.3) is 0 Å². The number of halogens is 1. The highest BCUT2D eigenvalue weighted by Gasteiger charge is 2.17. The summed E-state index contributed by atoms with van der Waals surface area (Å²) in [5.74, 6) is 1.89. The fourth-order valence-electron chi connectivity index (χ4n) is 0.720. The molecular formula is C6H3BrO. The molecule has 1 aromatic rings. The molecule has 40 valence electrons. The van der Waals surface area contributed by atoms with Crippen LogP contribution < -0.4 is 4.74 Å². The Bertz CT molecular complexity index is 212. The van der Waals surface area contributed by atoms with Crippen molar-refractivity contribution in [2.75, 3.05) is 0 Å². The van der Waals surface area contributed by atoms with Crippen LogP contribution >= 0.6 is 15.9 Å². The Balaban J connectivity index is 2.75. The Kier molecular flexibility index (Phi) is 0.690. The van der Waals surface area contributed by atoms with E-state index in [0.717, 1.165) is 16.0 Å². The molecule has 3 rings (SSSR count). The van der Waals surface area contributed by atoms with Gasteiger partial charge >= 0.3 is 0 Å². The summed E-state index contributed by atoms with van der Waals surface area (Å²) in [6.07, 6.45) is 0. The first kappa shape index (κ1) is 4.39. The van der Waals surface area contributed by atoms with E-state index in [4.69, 9.17) is 4.74 Å². The molecule has 2 aliphatic rings. The number of hydrogen-bond acceptors (Lipinski definition) is 1. The third-order valence-corrected chi connectivity index (χ3v) is 1.93. The Hall–Kier alpha value is -0.500. The zero-order chi connectivity index (χ0) is 5.56. The van der Waals surface area contributed by atoms with E-state index in [9.17, 15) is 0 Å². The highest BCUT2D eigenvalue weighted by atomic mass is 79.9. The number of rotatable bonds is 0. The summed E-state index contributed by atoms with van der Waals surface area (Å²) in [7, 11) is 0. The van der Waals surface area contributed by atoms with Crippen molar-refractivity contribution in [3.8, 4) is 11.5 Å². The normalized spacial score (nSPS) is 12.1. The molecule has 0 aromatic heterocycles. The topological polar surface area (TPSA) is 9.23 Å². The Morgan fingerprint density at radius 1 is 1.25 bits per heavy atom. The van der Waals surface area contributed by atoms with Gasteiger partial charge in [0.1, 0.15) is 16.0 Å². The molecule has 0 saturated heterocycles. The SMILES string of the molecule is Brc1c2cccc1O2. The summed E-state index contributed by atoms with van der Waals surface area (Å²) in [6.45, 7) is 0. The lowest BCUT2D eigenvalue weighted by Crippen LogP contribution is -1.95. The first-order chi connectivity index (χ1) is 3.88. The van der Waals surface area contributed by atoms with Crippen LogP contribution in [0.1, 0.15) is 0 Å². The van der Waals surface area contributed by atoms with Crippen LogP contribution in [0, 0.1) is 0 Å². The van der Waals surface area contributed by atoms with Crippen LogP contribution in [-0.4, -0.2) is 0 Å². The van der Waals surface area contributed by atoms with Crippen molar-refractivity contribution in [3.05, 3.63) is 22.7 Å². The van der Waals surface area contributed by atoms with Crippen LogP contribution in [0.2, 0.25) is 0 Å². The van der Waals surface area contributed by atoms with Crippen LogP contribution in [-0.2, 0) is 0 Å². The maximum Gasteiger partial charge on any atom is 0.145 e. The Labute approximate surface area is 55.4 Å². The minimum atomic E-state index is 0.947. The molecular weight excluding hydrogens is 168 g/mol. The van der Waals surface area contributed by atoms with Gasteiger partial charge in [-0.05, 0) is 28.1 Å². The molecule has 0 aliphatic carbocycles. The molecule has 2 heteroatoms. The summed E-state index contributed by atoms with van der Waals surface area (Å²) in [6, 6.07) is 5.83. The molecule has 1 aromatic carbocycles. The van der Waals surface area contributed by atoms with Crippen molar-refractivity contribution in [2.24, 2.45) is 0 Å². The fraction of sp³-hybridized carbons (Fsp3) is 0. The molecule has 2 aliphatic heterocycles. The van der Waals surface area contributed by atoms with Crippen molar-refractivity contribution in [2.45, 2.75) is 0 Å². The van der Waals surface area contributed by atoms with E-state index in [1.807, 2.05) is 18.2 Å². The summed E-state index contributed by atoms with van der Waals surface area (Å²) in [4.78, 5) is 0. The number of ether oxygens (including phenoxy) is 1. The molecule has 0 fully saturated rings. The molecule has 8 heavy (non-hydrogen) atoms. The van der Waals surface area contributed by atoms with Crippen molar-refractivity contribution in [1.29, 1.82) is 0 Å². The quantitative estimate of drug-likeness (QED) is 0.591. The summed E-state index contributed by atoms with van der Waals surface area (Å²) in [5, 5.41) is 0. The predicted molar refractivity (Wildman–Crippen MR) is 34.2 cm³/mol. The summed E-state index contributed by atoms with van der Waals surface area (Å²) in [5.41, 5.74) is 0. The molecule has 0 saturated carbocycles. The van der Waals surface area contributed by atoms with E-state index in [1.165, 1.54) is 0 Å². The van der Waals surface area contributed by atoms with E-state index in [-0.39, 0.29) is 0 Å². The third kappa shape index (κ3) is 0.364. The summed E-state index contributed by atoms with van der Waals surface area (Å²) < 4.78 is 6.19. The van der Waals surface area contributed by atoms with Gasteiger partial charge in [0.05, 0.1) is 0 Å². The highest BCUT2D eigenvalue weighted by molar-refractivity contribution is 9.10. The number of hydrogen-bond donors (Lipinski definition) is 0. The van der Waals surface area contributed by atoms with E-state index >= 15 is 0 Å². The van der Waals surface area contributed by atoms with Gasteiger partial charge in [0.2, 0.25) is 0 Å². The smallest absolute Gasteiger partial charge is 0.145 e. The van der Waals surface area contributed by atoms with Gasteiger partial charge in [-0.1, -0.05) is 6.07 Å². The largest absolute Gasteiger partial charge is 0.455 e. The van der Waals surface area contributed by atoms with Gasteiger partial charge < -0.3 is 4.74 Å². The van der Waals surface area contributed by atoms with Crippen molar-refractivity contribution in [3.63, 3.8) is 0 Å². The minimum absolute atomic E-state index is 0.947. The van der Waals surface area contributed by atoms with Crippen LogP contribution in [0.5, 0.6) is 11.5 Å². The highest BCUT2D eigenvalue weighted by Crippen LogP contribution is 2.45. The molecule has 0 atom stereocenters. The molecule has 2 bridgehead atoms. The Morgan fingerprint density at radius 3 is 2.12 bits per heavy atom. The Morgan fingerprint density at radius 2 is 1.88 bits per heavy atom. The van der Waals surface area contributed by atoms with Crippen molar-refractivity contribution in [1.82, 2.24) is 0 Å². The second-order valence-corrected chi connectivity index (χ2v) is 2.46. The van der Waals surface area contributed by atoms with Crippen LogP contribution in [0.15, 0.2) is 22.7 Å². The number of fused-ring (bicyclic) bond motifs is 2. The predicted octanol–water partition coefficient (Wildman–Crippen LogP) is 2.55. The maximum absolute atomic E-state index is 5.09. The third-order valence-electron chi connectivity index (χ3n) is 1.15. The van der Waals surface area contributed by atoms with Crippen molar-refractivity contribution < 1.29 is 4.74 Å². The molecule has 2 heterocycles. The lowest BCUT2D eigenvalue weighted by atomic mass is 10.2. The fourth-order valence-corrected chi connectivity index (χ4v) is 1.15. The van der Waals surface area contributed by atoms with E-state index < -0.39 is 0 Å². The summed E-state index contributed by atoms with van der Waals surface area (Å²) >= 11 is 3.34. The van der Waals surface area contributed by atoms with Crippen LogP contribution in [0.4, 0.5) is 0 Å². The molecule has 1 nitrogen and oxygen atoms in total. The second kappa shape index (κ2) is 1.26. The second-order valence-electron chi connectivity index (χ2n) is 1.67. The average Bonchev–Trinajstić information content (AvgIpc) is 1.89. The van der Waals surface area contributed by atoms with Gasteiger partial charge in [0, 0.05) is 0 Å². The first-order valence-electron chi connectivity index (χ1n) is 2.34. The first-order valence-corrected chi connectivity index (χ1v) is 3.13. The molecule has 0 unspecified atom stereocenters. The van der Waals surface area contributed by atoms with Gasteiger partial charge in [0.15, 0.2) is 0 Å². The van der Waals surface area contributed by atoms with Crippen LogP contribution in [0.3, 0.4) is 0 Å². The van der Waals surface area contributed by atoms with Gasteiger partial charge in [-0.15, -0.1) is 0 Å². The standard InChI is InChI=1S/C6H3BrO/c7-6-4-2-1-3-5(6)8-4/h1-3H. The van der Waals surface area contributed by atoms with E-state index in [0.29, 0.717) is 0 Å². The van der Waals surface area contributed by atoms with Crippen molar-refractivity contribution >= 4 is 15.9 Å². The minimum Gasteiger partial charge on any atom is -0.455 e. The van der Waals surface area contributed by atoms with E-state index in [1.54, 1.807) is 0 Å².